The van der Waals surface area contributed by atoms with Gasteiger partial charge in [0.2, 0.25) is 5.89 Å². The topological polar surface area (TPSA) is 98.4 Å². The molecule has 1 aliphatic carbocycles. The van der Waals surface area contributed by atoms with Gasteiger partial charge in [-0.25, -0.2) is 0 Å². The first kappa shape index (κ1) is 14.4. The Bertz CT molecular complexity index is 722. The third-order valence-electron chi connectivity index (χ3n) is 4.83. The standard InChI is InChI=1S/C16H20N4O3/c1-9-7-11(9)13-5-4-10(22-13)8-20-6-2-3-12(20)16-18-15(14(17)21)19-23-16/h4-5,9,11-12H,2-3,6-8H2,1H3,(H2,17,21)/t9-,11+,12+/m1/s1. The highest BCUT2D eigenvalue weighted by Crippen LogP contribution is 2.47. The molecular weight excluding hydrogens is 296 g/mol. The van der Waals surface area contributed by atoms with Gasteiger partial charge < -0.3 is 14.7 Å². The summed E-state index contributed by atoms with van der Waals surface area (Å²) in [5, 5.41) is 3.63. The van der Waals surface area contributed by atoms with E-state index in [1.165, 1.54) is 6.42 Å². The maximum absolute atomic E-state index is 11.1. The molecule has 2 aliphatic rings. The second-order valence-corrected chi connectivity index (χ2v) is 6.57. The number of nitrogens with two attached hydrogens (primary N) is 1. The van der Waals surface area contributed by atoms with E-state index in [1.807, 2.05) is 0 Å². The number of nitrogens with zero attached hydrogens (tertiary/aromatic N) is 3. The van der Waals surface area contributed by atoms with Crippen molar-refractivity contribution in [1.29, 1.82) is 0 Å². The molecule has 2 aromatic rings. The van der Waals surface area contributed by atoms with Crippen molar-refractivity contribution in [3.63, 3.8) is 0 Å². The highest BCUT2D eigenvalue weighted by Gasteiger charge is 2.37. The van der Waals surface area contributed by atoms with Crippen LogP contribution in [0, 0.1) is 5.92 Å². The molecule has 2 N–H and O–H groups in total. The van der Waals surface area contributed by atoms with Crippen LogP contribution in [0.5, 0.6) is 0 Å². The summed E-state index contributed by atoms with van der Waals surface area (Å²) in [4.78, 5) is 17.5. The minimum Gasteiger partial charge on any atom is -0.464 e. The van der Waals surface area contributed by atoms with Gasteiger partial charge in [0.1, 0.15) is 11.5 Å². The Morgan fingerprint density at radius 2 is 2.30 bits per heavy atom. The zero-order valence-electron chi connectivity index (χ0n) is 13.1. The molecule has 0 unspecified atom stereocenters. The molecule has 2 fully saturated rings. The van der Waals surface area contributed by atoms with Crippen LogP contribution in [0.25, 0.3) is 0 Å². The number of aromatic nitrogens is 2. The highest BCUT2D eigenvalue weighted by molar-refractivity contribution is 5.88. The van der Waals surface area contributed by atoms with E-state index < -0.39 is 5.91 Å². The highest BCUT2D eigenvalue weighted by atomic mass is 16.5. The second kappa shape index (κ2) is 5.49. The Hall–Kier alpha value is -2.15. The summed E-state index contributed by atoms with van der Waals surface area (Å²) < 4.78 is 11.2. The molecule has 0 aromatic carbocycles. The molecule has 2 aromatic heterocycles. The van der Waals surface area contributed by atoms with Crippen LogP contribution in [0.2, 0.25) is 0 Å². The molecule has 1 aliphatic heterocycles. The monoisotopic (exact) mass is 316 g/mol. The van der Waals surface area contributed by atoms with E-state index in [0.717, 1.165) is 36.8 Å². The fraction of sp³-hybridized carbons (Fsp3) is 0.562. The molecule has 0 radical (unpaired) electrons. The number of likely N-dealkylation sites (tertiary alicyclic amines) is 1. The van der Waals surface area contributed by atoms with E-state index >= 15 is 0 Å². The molecule has 23 heavy (non-hydrogen) atoms. The normalized spacial score (nSPS) is 27.4. The Morgan fingerprint density at radius 1 is 1.48 bits per heavy atom. The smallest absolute Gasteiger partial charge is 0.290 e. The number of carbonyl (C=O) groups is 1. The Labute approximate surface area is 133 Å². The molecule has 1 amide bonds. The van der Waals surface area contributed by atoms with Crippen molar-refractivity contribution in [2.75, 3.05) is 6.54 Å². The molecule has 0 spiro atoms. The van der Waals surface area contributed by atoms with Crippen molar-refractivity contribution in [1.82, 2.24) is 15.0 Å². The fourth-order valence-corrected chi connectivity index (χ4v) is 3.36. The fourth-order valence-electron chi connectivity index (χ4n) is 3.36. The summed E-state index contributed by atoms with van der Waals surface area (Å²) in [7, 11) is 0. The number of hydrogen-bond acceptors (Lipinski definition) is 6. The minimum absolute atomic E-state index is 0.0176. The van der Waals surface area contributed by atoms with E-state index in [9.17, 15) is 4.79 Å². The molecule has 4 rings (SSSR count). The van der Waals surface area contributed by atoms with Crippen molar-refractivity contribution < 1.29 is 13.7 Å². The lowest BCUT2D eigenvalue weighted by molar-refractivity contribution is 0.0987. The Kier molecular flexibility index (Phi) is 3.45. The van der Waals surface area contributed by atoms with Gasteiger partial charge in [0.15, 0.2) is 0 Å². The first-order valence-electron chi connectivity index (χ1n) is 8.08. The summed E-state index contributed by atoms with van der Waals surface area (Å²) in [5.74, 6) is 3.11. The lowest BCUT2D eigenvalue weighted by Crippen LogP contribution is -2.23. The summed E-state index contributed by atoms with van der Waals surface area (Å²) >= 11 is 0. The Morgan fingerprint density at radius 3 is 3.00 bits per heavy atom. The van der Waals surface area contributed by atoms with E-state index in [0.29, 0.717) is 18.4 Å². The molecular formula is C16H20N4O3. The van der Waals surface area contributed by atoms with Crippen LogP contribution < -0.4 is 5.73 Å². The number of rotatable bonds is 5. The van der Waals surface area contributed by atoms with Gasteiger partial charge >= 0.3 is 0 Å². The van der Waals surface area contributed by atoms with Crippen molar-refractivity contribution in [3.05, 3.63) is 35.4 Å². The van der Waals surface area contributed by atoms with Crippen LogP contribution in [0.1, 0.15) is 66.2 Å². The zero-order valence-corrected chi connectivity index (χ0v) is 13.1. The van der Waals surface area contributed by atoms with Gasteiger partial charge in [-0.2, -0.15) is 4.98 Å². The molecule has 0 bridgehead atoms. The minimum atomic E-state index is -0.668. The molecule has 1 saturated heterocycles. The van der Waals surface area contributed by atoms with Crippen molar-refractivity contribution in [3.8, 4) is 0 Å². The lowest BCUT2D eigenvalue weighted by Gasteiger charge is -2.19. The van der Waals surface area contributed by atoms with Gasteiger partial charge in [-0.1, -0.05) is 12.1 Å². The maximum atomic E-state index is 11.1. The van der Waals surface area contributed by atoms with Crippen LogP contribution in [0.4, 0.5) is 0 Å². The lowest BCUT2D eigenvalue weighted by atomic mass is 10.2. The second-order valence-electron chi connectivity index (χ2n) is 6.57. The van der Waals surface area contributed by atoms with Gasteiger partial charge in [-0.3, -0.25) is 9.69 Å². The predicted octanol–water partition coefficient (Wildman–Crippen LogP) is 2.22. The van der Waals surface area contributed by atoms with Gasteiger partial charge in [-0.05, 0) is 43.9 Å². The number of hydrogen-bond donors (Lipinski definition) is 1. The number of carbonyl (C=O) groups excluding carboxylic acids is 1. The largest absolute Gasteiger partial charge is 0.464 e. The average molecular weight is 316 g/mol. The van der Waals surface area contributed by atoms with E-state index in [-0.39, 0.29) is 11.9 Å². The summed E-state index contributed by atoms with van der Waals surface area (Å²) in [5.41, 5.74) is 5.18. The van der Waals surface area contributed by atoms with Gasteiger partial charge in [0.25, 0.3) is 11.7 Å². The van der Waals surface area contributed by atoms with Crippen LogP contribution in [-0.2, 0) is 6.54 Å². The number of primary amides is 1. The third kappa shape index (κ3) is 2.76. The predicted molar refractivity (Wildman–Crippen MR) is 80.4 cm³/mol. The van der Waals surface area contributed by atoms with Gasteiger partial charge in [0, 0.05) is 5.92 Å². The summed E-state index contributed by atoms with van der Waals surface area (Å²) in [6.45, 7) is 3.89. The van der Waals surface area contributed by atoms with Crippen molar-refractivity contribution in [2.45, 2.75) is 44.7 Å². The molecule has 1 saturated carbocycles. The SMILES string of the molecule is C[C@@H]1C[C@@H]1c1ccc(CN2CCC[C@H]2c2nc(C(N)=O)no2)o1. The zero-order chi connectivity index (χ0) is 16.0. The summed E-state index contributed by atoms with van der Waals surface area (Å²) in [6.07, 6.45) is 3.19. The van der Waals surface area contributed by atoms with Crippen LogP contribution >= 0.6 is 0 Å². The molecule has 122 valence electrons. The first-order valence-corrected chi connectivity index (χ1v) is 8.08. The van der Waals surface area contributed by atoms with Crippen LogP contribution in [-0.4, -0.2) is 27.5 Å². The van der Waals surface area contributed by atoms with E-state index in [2.05, 4.69) is 34.1 Å². The molecule has 7 heteroatoms. The molecule has 3 atom stereocenters. The van der Waals surface area contributed by atoms with Crippen molar-refractivity contribution in [2.24, 2.45) is 11.7 Å². The average Bonchev–Trinajstić information content (AvgIpc) is 3.01. The van der Waals surface area contributed by atoms with E-state index in [4.69, 9.17) is 14.7 Å². The van der Waals surface area contributed by atoms with E-state index in [1.54, 1.807) is 0 Å². The quantitative estimate of drug-likeness (QED) is 0.908. The van der Waals surface area contributed by atoms with Crippen molar-refractivity contribution >= 4 is 5.91 Å². The first-order chi connectivity index (χ1) is 11.1. The van der Waals surface area contributed by atoms with Gasteiger partial charge in [0.05, 0.1) is 12.6 Å². The third-order valence-corrected chi connectivity index (χ3v) is 4.83. The van der Waals surface area contributed by atoms with Crippen LogP contribution in [0.15, 0.2) is 21.1 Å². The summed E-state index contributed by atoms with van der Waals surface area (Å²) in [6, 6.07) is 4.16. The molecule has 7 nitrogen and oxygen atoms in total. The molecule has 3 heterocycles. The van der Waals surface area contributed by atoms with Gasteiger partial charge in [-0.15, -0.1) is 0 Å². The van der Waals surface area contributed by atoms with Crippen LogP contribution in [0.3, 0.4) is 0 Å². The number of amides is 1. The maximum Gasteiger partial charge on any atom is 0.290 e. The Balaban J connectivity index is 1.46. The number of furan rings is 1.